The van der Waals surface area contributed by atoms with Crippen molar-refractivity contribution in [2.24, 2.45) is 0 Å². The maximum atomic E-state index is 13.8. The first-order valence-corrected chi connectivity index (χ1v) is 11.4. The van der Waals surface area contributed by atoms with Crippen molar-refractivity contribution >= 4 is 33.1 Å². The van der Waals surface area contributed by atoms with E-state index in [9.17, 15) is 8.78 Å². The number of nitrogens with one attached hydrogen (secondary N) is 2. The molecule has 1 aliphatic rings. The van der Waals surface area contributed by atoms with E-state index in [4.69, 9.17) is 4.74 Å². The fourth-order valence-electron chi connectivity index (χ4n) is 3.56. The quantitative estimate of drug-likeness (QED) is 0.389. The third-order valence-corrected chi connectivity index (χ3v) is 6.31. The van der Waals surface area contributed by atoms with Crippen molar-refractivity contribution < 1.29 is 13.5 Å². The molecule has 3 heterocycles. The molecule has 5 rings (SSSR count). The topological polar surface area (TPSA) is 59.1 Å². The minimum Gasteiger partial charge on any atom is -0.489 e. The van der Waals surface area contributed by atoms with Crippen LogP contribution in [0.4, 0.5) is 20.3 Å². The summed E-state index contributed by atoms with van der Waals surface area (Å²) in [5.74, 6) is 6.79. The van der Waals surface area contributed by atoms with Crippen molar-refractivity contribution in [2.75, 3.05) is 11.9 Å². The van der Waals surface area contributed by atoms with E-state index in [1.807, 2.05) is 18.2 Å². The van der Waals surface area contributed by atoms with Crippen LogP contribution < -0.4 is 15.4 Å². The molecule has 1 saturated heterocycles. The number of nitrogens with zero attached hydrogens (tertiary/aromatic N) is 2. The number of benzene rings is 2. The van der Waals surface area contributed by atoms with Gasteiger partial charge < -0.3 is 15.4 Å². The smallest absolute Gasteiger partial charge is 0.151 e. The van der Waals surface area contributed by atoms with Gasteiger partial charge in [-0.15, -0.1) is 11.3 Å². The van der Waals surface area contributed by atoms with E-state index in [0.717, 1.165) is 58.4 Å². The summed E-state index contributed by atoms with van der Waals surface area (Å²) in [5, 5.41) is 6.69. The van der Waals surface area contributed by atoms with Crippen LogP contribution >= 0.6 is 11.3 Å². The summed E-state index contributed by atoms with van der Waals surface area (Å²) in [6.07, 6.45) is 3.77. The zero-order valence-electron chi connectivity index (χ0n) is 17.6. The standard InChI is InChI=1S/C25H20F2N4OS/c26-17-3-10-22(27)16(12-17)14-32-20-7-4-19(5-8-20)31-25-24-23(29-15-30-25)13-21(33-24)9-6-18-2-1-11-28-18/h3-5,7-8,10,12-13,15,18,28H,1-2,11,14H2,(H,29,30,31). The van der Waals surface area contributed by atoms with E-state index in [2.05, 4.69) is 32.4 Å². The van der Waals surface area contributed by atoms with Gasteiger partial charge in [0, 0.05) is 11.3 Å². The number of hydrogen-bond acceptors (Lipinski definition) is 6. The van der Waals surface area contributed by atoms with Gasteiger partial charge in [-0.3, -0.25) is 0 Å². The van der Waals surface area contributed by atoms with Crippen LogP contribution in [0.5, 0.6) is 5.75 Å². The summed E-state index contributed by atoms with van der Waals surface area (Å²) in [5.41, 5.74) is 1.83. The molecule has 1 unspecified atom stereocenters. The lowest BCUT2D eigenvalue weighted by molar-refractivity contribution is 0.299. The Morgan fingerprint density at radius 3 is 2.82 bits per heavy atom. The van der Waals surface area contributed by atoms with Gasteiger partial charge >= 0.3 is 0 Å². The monoisotopic (exact) mass is 462 g/mol. The molecule has 1 aliphatic heterocycles. The Morgan fingerprint density at radius 2 is 2.00 bits per heavy atom. The molecular formula is C25H20F2N4OS. The lowest BCUT2D eigenvalue weighted by Gasteiger charge is -2.09. The third-order valence-electron chi connectivity index (χ3n) is 5.26. The van der Waals surface area contributed by atoms with Crippen molar-refractivity contribution in [3.8, 4) is 17.6 Å². The van der Waals surface area contributed by atoms with Crippen LogP contribution in [0.3, 0.4) is 0 Å². The SMILES string of the molecule is Fc1ccc(F)c(COc2ccc(Nc3ncnc4cc(C#CC5CCCN5)sc34)cc2)c1. The molecule has 4 aromatic rings. The Hall–Kier alpha value is -3.54. The van der Waals surface area contributed by atoms with Gasteiger partial charge in [0.1, 0.15) is 30.3 Å². The van der Waals surface area contributed by atoms with Gasteiger partial charge in [-0.05, 0) is 67.9 Å². The summed E-state index contributed by atoms with van der Waals surface area (Å²) in [6.45, 7) is 0.967. The van der Waals surface area contributed by atoms with E-state index in [-0.39, 0.29) is 18.2 Å². The first kappa shape index (κ1) is 21.3. The highest BCUT2D eigenvalue weighted by Gasteiger charge is 2.12. The van der Waals surface area contributed by atoms with Crippen LogP contribution in [0.1, 0.15) is 23.3 Å². The van der Waals surface area contributed by atoms with Gasteiger partial charge in [0.2, 0.25) is 0 Å². The predicted molar refractivity (Wildman–Crippen MR) is 126 cm³/mol. The molecule has 0 saturated carbocycles. The number of ether oxygens (including phenoxy) is 1. The summed E-state index contributed by atoms with van der Waals surface area (Å²) >= 11 is 1.56. The maximum absolute atomic E-state index is 13.8. The average molecular weight is 463 g/mol. The van der Waals surface area contributed by atoms with Crippen molar-refractivity contribution in [1.82, 2.24) is 15.3 Å². The van der Waals surface area contributed by atoms with Gasteiger partial charge in [-0.25, -0.2) is 18.7 Å². The first-order chi connectivity index (χ1) is 16.1. The van der Waals surface area contributed by atoms with E-state index in [1.54, 1.807) is 23.5 Å². The fourth-order valence-corrected chi connectivity index (χ4v) is 4.47. The normalized spacial score (nSPS) is 15.3. The average Bonchev–Trinajstić information content (AvgIpc) is 3.49. The van der Waals surface area contributed by atoms with Gasteiger partial charge in [-0.2, -0.15) is 0 Å². The highest BCUT2D eigenvalue weighted by atomic mass is 32.1. The van der Waals surface area contributed by atoms with E-state index in [1.165, 1.54) is 6.33 Å². The molecule has 0 radical (unpaired) electrons. The van der Waals surface area contributed by atoms with E-state index >= 15 is 0 Å². The molecule has 2 aromatic heterocycles. The molecule has 0 spiro atoms. The van der Waals surface area contributed by atoms with Gasteiger partial charge in [0.15, 0.2) is 5.82 Å². The van der Waals surface area contributed by atoms with Crippen LogP contribution in [-0.4, -0.2) is 22.6 Å². The number of fused-ring (bicyclic) bond motifs is 1. The fraction of sp³-hybridized carbons (Fsp3) is 0.200. The predicted octanol–water partition coefficient (Wildman–Crippen LogP) is 5.40. The zero-order valence-corrected chi connectivity index (χ0v) is 18.4. The number of thiophene rings is 1. The molecule has 2 aromatic carbocycles. The number of anilines is 2. The minimum atomic E-state index is -0.498. The van der Waals surface area contributed by atoms with Crippen molar-refractivity contribution in [2.45, 2.75) is 25.5 Å². The minimum absolute atomic E-state index is 0.0573. The van der Waals surface area contributed by atoms with Gasteiger partial charge in [0.05, 0.1) is 21.1 Å². The van der Waals surface area contributed by atoms with E-state index in [0.29, 0.717) is 11.6 Å². The molecule has 1 fully saturated rings. The maximum Gasteiger partial charge on any atom is 0.151 e. The van der Waals surface area contributed by atoms with Gasteiger partial charge in [-0.1, -0.05) is 11.8 Å². The lowest BCUT2D eigenvalue weighted by Crippen LogP contribution is -2.18. The van der Waals surface area contributed by atoms with E-state index < -0.39 is 11.6 Å². The molecule has 166 valence electrons. The Morgan fingerprint density at radius 1 is 1.12 bits per heavy atom. The molecule has 33 heavy (non-hydrogen) atoms. The second kappa shape index (κ2) is 9.53. The molecular weight excluding hydrogens is 442 g/mol. The summed E-state index contributed by atoms with van der Waals surface area (Å²) in [4.78, 5) is 9.71. The Labute approximate surface area is 193 Å². The van der Waals surface area contributed by atoms with Crippen molar-refractivity contribution in [3.63, 3.8) is 0 Å². The van der Waals surface area contributed by atoms with Crippen LogP contribution in [0.15, 0.2) is 54.9 Å². The summed E-state index contributed by atoms with van der Waals surface area (Å²) < 4.78 is 33.6. The third kappa shape index (κ3) is 5.11. The number of halogens is 2. The lowest BCUT2D eigenvalue weighted by atomic mass is 10.2. The number of aromatic nitrogens is 2. The van der Waals surface area contributed by atoms with Crippen molar-refractivity contribution in [3.05, 3.63) is 76.9 Å². The van der Waals surface area contributed by atoms with Crippen LogP contribution in [0.25, 0.3) is 10.2 Å². The zero-order chi connectivity index (χ0) is 22.6. The second-order valence-electron chi connectivity index (χ2n) is 7.64. The molecule has 0 amide bonds. The Balaban J connectivity index is 1.27. The second-order valence-corrected chi connectivity index (χ2v) is 8.69. The molecule has 0 aliphatic carbocycles. The number of rotatable bonds is 5. The van der Waals surface area contributed by atoms with Crippen molar-refractivity contribution in [1.29, 1.82) is 0 Å². The Kier molecular flexibility index (Phi) is 6.15. The van der Waals surface area contributed by atoms with Crippen LogP contribution in [-0.2, 0) is 6.61 Å². The molecule has 0 bridgehead atoms. The molecule has 5 nitrogen and oxygen atoms in total. The molecule has 2 N–H and O–H groups in total. The van der Waals surface area contributed by atoms with Gasteiger partial charge in [0.25, 0.3) is 0 Å². The van der Waals surface area contributed by atoms with Crippen LogP contribution in [0.2, 0.25) is 0 Å². The summed E-state index contributed by atoms with van der Waals surface area (Å²) in [7, 11) is 0. The van der Waals surface area contributed by atoms with Crippen LogP contribution in [0, 0.1) is 23.5 Å². The molecule has 8 heteroatoms. The largest absolute Gasteiger partial charge is 0.489 e. The molecule has 1 atom stereocenters. The number of hydrogen-bond donors (Lipinski definition) is 2. The first-order valence-electron chi connectivity index (χ1n) is 10.6. The summed E-state index contributed by atoms with van der Waals surface area (Å²) in [6, 6.07) is 12.8. The Bertz CT molecular complexity index is 1340. The highest BCUT2D eigenvalue weighted by Crippen LogP contribution is 2.31. The highest BCUT2D eigenvalue weighted by molar-refractivity contribution is 7.20.